The maximum Gasteiger partial charge on any atom is 0.313 e. The molecule has 96 valence electrons. The molecule has 1 rings (SSSR count). The maximum atomic E-state index is 10.4. The summed E-state index contributed by atoms with van der Waals surface area (Å²) >= 11 is 2.59. The Labute approximate surface area is 109 Å². The van der Waals surface area contributed by atoms with Gasteiger partial charge in [-0.1, -0.05) is 43.4 Å². The standard InChI is InChI=1S/C10H17N3O2S2/c1-4-6(2)7(3)11-9-12-13-10(17-9)16-5-8(14)15/h6-7H,4-5H2,1-3H3,(H,11,12)(H,14,15). The Balaban J connectivity index is 2.47. The molecule has 5 nitrogen and oxygen atoms in total. The first-order valence-electron chi connectivity index (χ1n) is 5.47. The third-order valence-electron chi connectivity index (χ3n) is 2.57. The number of carboxylic acids is 1. The van der Waals surface area contributed by atoms with Crippen LogP contribution in [0.25, 0.3) is 0 Å². The van der Waals surface area contributed by atoms with E-state index in [9.17, 15) is 4.79 Å². The predicted molar refractivity (Wildman–Crippen MR) is 70.8 cm³/mol. The molecule has 1 heterocycles. The average Bonchev–Trinajstić information content (AvgIpc) is 2.73. The molecule has 2 atom stereocenters. The Kier molecular flexibility index (Phi) is 5.70. The number of carbonyl (C=O) groups is 1. The van der Waals surface area contributed by atoms with E-state index in [-0.39, 0.29) is 5.75 Å². The van der Waals surface area contributed by atoms with E-state index in [1.54, 1.807) is 0 Å². The highest BCUT2D eigenvalue weighted by Gasteiger charge is 2.13. The summed E-state index contributed by atoms with van der Waals surface area (Å²) in [6, 6.07) is 0.338. The Morgan fingerprint density at radius 3 is 2.82 bits per heavy atom. The van der Waals surface area contributed by atoms with Gasteiger partial charge in [-0.05, 0) is 12.8 Å². The van der Waals surface area contributed by atoms with Crippen LogP contribution in [0.15, 0.2) is 4.34 Å². The zero-order valence-electron chi connectivity index (χ0n) is 10.1. The van der Waals surface area contributed by atoms with E-state index in [4.69, 9.17) is 5.11 Å². The number of rotatable bonds is 7. The second-order valence-corrected chi connectivity index (χ2v) is 6.07. The van der Waals surface area contributed by atoms with Gasteiger partial charge >= 0.3 is 5.97 Å². The number of hydrogen-bond acceptors (Lipinski definition) is 6. The number of aliphatic carboxylic acids is 1. The van der Waals surface area contributed by atoms with Crippen molar-refractivity contribution in [1.29, 1.82) is 0 Å². The van der Waals surface area contributed by atoms with Crippen LogP contribution in [-0.4, -0.2) is 33.1 Å². The predicted octanol–water partition coefficient (Wildman–Crippen LogP) is 2.56. The molecule has 0 aromatic carbocycles. The number of nitrogens with zero attached hydrogens (tertiary/aromatic N) is 2. The molecule has 7 heteroatoms. The molecule has 0 saturated heterocycles. The molecule has 0 aliphatic heterocycles. The normalized spacial score (nSPS) is 14.3. The monoisotopic (exact) mass is 275 g/mol. The van der Waals surface area contributed by atoms with Gasteiger partial charge < -0.3 is 10.4 Å². The van der Waals surface area contributed by atoms with Gasteiger partial charge in [-0.15, -0.1) is 10.2 Å². The summed E-state index contributed by atoms with van der Waals surface area (Å²) in [5.41, 5.74) is 0. The molecular formula is C10H17N3O2S2. The van der Waals surface area contributed by atoms with Crippen molar-refractivity contribution in [1.82, 2.24) is 10.2 Å². The van der Waals surface area contributed by atoms with E-state index in [1.807, 2.05) is 0 Å². The first-order valence-corrected chi connectivity index (χ1v) is 7.27. The quantitative estimate of drug-likeness (QED) is 0.745. The van der Waals surface area contributed by atoms with Gasteiger partial charge in [-0.3, -0.25) is 4.79 Å². The van der Waals surface area contributed by atoms with Crippen LogP contribution >= 0.6 is 23.1 Å². The molecule has 0 radical (unpaired) electrons. The van der Waals surface area contributed by atoms with Crippen LogP contribution in [0.4, 0.5) is 5.13 Å². The van der Waals surface area contributed by atoms with Crippen molar-refractivity contribution in [3.8, 4) is 0 Å². The molecule has 2 unspecified atom stereocenters. The molecule has 17 heavy (non-hydrogen) atoms. The average molecular weight is 275 g/mol. The van der Waals surface area contributed by atoms with Crippen molar-refractivity contribution >= 4 is 34.2 Å². The number of carboxylic acid groups (broad SMARTS) is 1. The highest BCUT2D eigenvalue weighted by Crippen LogP contribution is 2.26. The fourth-order valence-electron chi connectivity index (χ4n) is 1.14. The number of nitrogens with one attached hydrogen (secondary N) is 1. The summed E-state index contributed by atoms with van der Waals surface area (Å²) in [4.78, 5) is 10.4. The van der Waals surface area contributed by atoms with Crippen LogP contribution in [0, 0.1) is 5.92 Å². The van der Waals surface area contributed by atoms with Crippen LogP contribution in [0.1, 0.15) is 27.2 Å². The minimum absolute atomic E-state index is 0.0234. The van der Waals surface area contributed by atoms with Crippen LogP contribution in [0.5, 0.6) is 0 Å². The molecule has 0 bridgehead atoms. The molecule has 1 aromatic rings. The zero-order valence-corrected chi connectivity index (χ0v) is 11.8. The topological polar surface area (TPSA) is 75.1 Å². The number of thioether (sulfide) groups is 1. The molecule has 1 aromatic heterocycles. The van der Waals surface area contributed by atoms with Crippen molar-refractivity contribution in [2.75, 3.05) is 11.1 Å². The van der Waals surface area contributed by atoms with Crippen LogP contribution in [0.2, 0.25) is 0 Å². The molecule has 0 aliphatic rings. The van der Waals surface area contributed by atoms with Gasteiger partial charge in [-0.2, -0.15) is 0 Å². The SMILES string of the molecule is CCC(C)C(C)Nc1nnc(SCC(=O)O)s1. The Morgan fingerprint density at radius 2 is 2.24 bits per heavy atom. The van der Waals surface area contributed by atoms with Crippen molar-refractivity contribution in [2.45, 2.75) is 37.6 Å². The van der Waals surface area contributed by atoms with Gasteiger partial charge in [-0.25, -0.2) is 0 Å². The van der Waals surface area contributed by atoms with Crippen LogP contribution in [0.3, 0.4) is 0 Å². The van der Waals surface area contributed by atoms with Crippen molar-refractivity contribution in [3.05, 3.63) is 0 Å². The zero-order chi connectivity index (χ0) is 12.8. The molecule has 0 spiro atoms. The molecule has 2 N–H and O–H groups in total. The summed E-state index contributed by atoms with van der Waals surface area (Å²) in [6.45, 7) is 6.44. The number of anilines is 1. The van der Waals surface area contributed by atoms with E-state index in [0.717, 1.165) is 11.6 Å². The molecule has 0 fully saturated rings. The maximum absolute atomic E-state index is 10.4. The lowest BCUT2D eigenvalue weighted by Gasteiger charge is -2.18. The first-order chi connectivity index (χ1) is 8.02. The minimum atomic E-state index is -0.840. The minimum Gasteiger partial charge on any atom is -0.481 e. The molecular weight excluding hydrogens is 258 g/mol. The fourth-order valence-corrected chi connectivity index (χ4v) is 2.71. The Morgan fingerprint density at radius 1 is 1.53 bits per heavy atom. The molecule has 0 aliphatic carbocycles. The lowest BCUT2D eigenvalue weighted by Crippen LogP contribution is -2.22. The summed E-state index contributed by atoms with van der Waals surface area (Å²) in [5, 5.41) is 20.5. The van der Waals surface area contributed by atoms with Gasteiger partial charge in [0.15, 0.2) is 4.34 Å². The van der Waals surface area contributed by atoms with E-state index >= 15 is 0 Å². The largest absolute Gasteiger partial charge is 0.481 e. The van der Waals surface area contributed by atoms with Crippen molar-refractivity contribution < 1.29 is 9.90 Å². The number of aromatic nitrogens is 2. The highest BCUT2D eigenvalue weighted by molar-refractivity contribution is 8.01. The number of hydrogen-bond donors (Lipinski definition) is 2. The van der Waals surface area contributed by atoms with Crippen molar-refractivity contribution in [2.24, 2.45) is 5.92 Å². The second kappa shape index (κ2) is 6.80. The molecule has 0 amide bonds. The van der Waals surface area contributed by atoms with Crippen LogP contribution < -0.4 is 5.32 Å². The Bertz CT molecular complexity index is 370. The van der Waals surface area contributed by atoms with E-state index in [1.165, 1.54) is 23.1 Å². The first kappa shape index (κ1) is 14.2. The summed E-state index contributed by atoms with van der Waals surface area (Å²) < 4.78 is 0.686. The third kappa shape index (κ3) is 4.91. The highest BCUT2D eigenvalue weighted by atomic mass is 32.2. The van der Waals surface area contributed by atoms with Gasteiger partial charge in [0.05, 0.1) is 5.75 Å². The third-order valence-corrected chi connectivity index (χ3v) is 4.55. The fraction of sp³-hybridized carbons (Fsp3) is 0.700. The second-order valence-electron chi connectivity index (χ2n) is 3.87. The van der Waals surface area contributed by atoms with Gasteiger partial charge in [0.2, 0.25) is 5.13 Å². The summed E-state index contributed by atoms with van der Waals surface area (Å²) in [6.07, 6.45) is 1.10. The Hall–Kier alpha value is -0.820. The lowest BCUT2D eigenvalue weighted by molar-refractivity contribution is -0.133. The lowest BCUT2D eigenvalue weighted by atomic mass is 10.0. The van der Waals surface area contributed by atoms with Gasteiger partial charge in [0.1, 0.15) is 0 Å². The van der Waals surface area contributed by atoms with E-state index in [0.29, 0.717) is 16.3 Å². The summed E-state index contributed by atoms with van der Waals surface area (Å²) in [5.74, 6) is -0.253. The smallest absolute Gasteiger partial charge is 0.313 e. The van der Waals surface area contributed by atoms with Gasteiger partial charge in [0.25, 0.3) is 0 Å². The summed E-state index contributed by atoms with van der Waals surface area (Å²) in [7, 11) is 0. The van der Waals surface area contributed by atoms with Crippen molar-refractivity contribution in [3.63, 3.8) is 0 Å². The van der Waals surface area contributed by atoms with E-state index < -0.39 is 5.97 Å². The van der Waals surface area contributed by atoms with Gasteiger partial charge in [0, 0.05) is 6.04 Å². The van der Waals surface area contributed by atoms with Crippen LogP contribution in [-0.2, 0) is 4.79 Å². The molecule has 0 saturated carbocycles. The van der Waals surface area contributed by atoms with E-state index in [2.05, 4.69) is 36.3 Å².